The van der Waals surface area contributed by atoms with E-state index in [1.165, 1.54) is 32.2 Å². The number of nitrogens with one attached hydrogen (secondary N) is 1. The molecule has 0 aromatic carbocycles. The predicted octanol–water partition coefficient (Wildman–Crippen LogP) is 3.44. The summed E-state index contributed by atoms with van der Waals surface area (Å²) in [5, 5.41) is 3.29. The highest BCUT2D eigenvalue weighted by atomic mass is 16.1. The van der Waals surface area contributed by atoms with Gasteiger partial charge in [0.25, 0.3) is 0 Å². The van der Waals surface area contributed by atoms with E-state index in [1.54, 1.807) is 0 Å². The van der Waals surface area contributed by atoms with Gasteiger partial charge in [0.15, 0.2) is 0 Å². The van der Waals surface area contributed by atoms with Gasteiger partial charge in [0, 0.05) is 31.1 Å². The Hall–Kier alpha value is -0.570. The lowest BCUT2D eigenvalue weighted by atomic mass is 9.78. The number of rotatable bonds is 4. The molecule has 1 saturated carbocycles. The molecule has 0 spiro atoms. The van der Waals surface area contributed by atoms with Gasteiger partial charge in [-0.25, -0.2) is 0 Å². The number of hydrogen-bond donors (Lipinski definition) is 1. The van der Waals surface area contributed by atoms with Crippen LogP contribution < -0.4 is 5.32 Å². The van der Waals surface area contributed by atoms with Crippen LogP contribution in [0.4, 0.5) is 0 Å². The van der Waals surface area contributed by atoms with Crippen molar-refractivity contribution < 1.29 is 4.79 Å². The first kappa shape index (κ1) is 16.8. The molecule has 0 radical (unpaired) electrons. The summed E-state index contributed by atoms with van der Waals surface area (Å²) in [6.07, 6.45) is 6.50. The Morgan fingerprint density at radius 3 is 2.38 bits per heavy atom. The molecule has 1 N–H and O–H groups in total. The summed E-state index contributed by atoms with van der Waals surface area (Å²) in [4.78, 5) is 14.7. The molecule has 2 rings (SSSR count). The van der Waals surface area contributed by atoms with Gasteiger partial charge in [-0.05, 0) is 37.0 Å². The van der Waals surface area contributed by atoms with Gasteiger partial charge in [-0.2, -0.15) is 0 Å². The van der Waals surface area contributed by atoms with Gasteiger partial charge in [0.1, 0.15) is 0 Å². The van der Waals surface area contributed by atoms with Crippen LogP contribution in [0.15, 0.2) is 0 Å². The summed E-state index contributed by atoms with van der Waals surface area (Å²) in [7, 11) is 0. The molecule has 2 unspecified atom stereocenters. The molecule has 122 valence electrons. The average Bonchev–Trinajstić information content (AvgIpc) is 2.23. The van der Waals surface area contributed by atoms with Gasteiger partial charge in [-0.3, -0.25) is 9.69 Å². The van der Waals surface area contributed by atoms with Gasteiger partial charge >= 0.3 is 0 Å². The first-order valence-electron chi connectivity index (χ1n) is 8.79. The van der Waals surface area contributed by atoms with Gasteiger partial charge in [-0.15, -0.1) is 0 Å². The first-order chi connectivity index (χ1) is 9.74. The largest absolute Gasteiger partial charge is 0.352 e. The second kappa shape index (κ2) is 6.68. The monoisotopic (exact) mass is 294 g/mol. The van der Waals surface area contributed by atoms with Crippen molar-refractivity contribution in [1.29, 1.82) is 0 Å². The number of hydrogen-bond acceptors (Lipinski definition) is 2. The van der Waals surface area contributed by atoms with E-state index in [0.717, 1.165) is 24.9 Å². The number of carbonyl (C=O) groups excluding carboxylic acids is 1. The van der Waals surface area contributed by atoms with E-state index in [4.69, 9.17) is 0 Å². The van der Waals surface area contributed by atoms with Crippen molar-refractivity contribution in [3.63, 3.8) is 0 Å². The van der Waals surface area contributed by atoms with E-state index in [0.29, 0.717) is 11.5 Å². The number of amides is 1. The zero-order chi connectivity index (χ0) is 15.6. The van der Waals surface area contributed by atoms with Gasteiger partial charge < -0.3 is 5.32 Å². The molecule has 0 aromatic rings. The number of piperidine rings is 1. The summed E-state index contributed by atoms with van der Waals surface area (Å²) in [5.74, 6) is 1.02. The van der Waals surface area contributed by atoms with Crippen molar-refractivity contribution in [2.75, 3.05) is 13.1 Å². The summed E-state index contributed by atoms with van der Waals surface area (Å²) in [6.45, 7) is 13.2. The smallest absolute Gasteiger partial charge is 0.222 e. The molecule has 2 fully saturated rings. The van der Waals surface area contributed by atoms with Crippen LogP contribution in [0, 0.1) is 17.3 Å². The third kappa shape index (κ3) is 4.98. The van der Waals surface area contributed by atoms with E-state index in [2.05, 4.69) is 31.0 Å². The number of likely N-dealkylation sites (tertiary alicyclic amines) is 1. The quantitative estimate of drug-likeness (QED) is 0.861. The predicted molar refractivity (Wildman–Crippen MR) is 88.2 cm³/mol. The van der Waals surface area contributed by atoms with Crippen molar-refractivity contribution >= 4 is 5.91 Å². The van der Waals surface area contributed by atoms with Gasteiger partial charge in [0.2, 0.25) is 5.91 Å². The molecule has 1 heterocycles. The number of nitrogens with zero attached hydrogens (tertiary/aromatic N) is 1. The lowest BCUT2D eigenvalue weighted by Gasteiger charge is -2.46. The zero-order valence-electron chi connectivity index (χ0n) is 14.6. The Bertz CT molecular complexity index is 355. The Kier molecular flexibility index (Phi) is 5.34. The van der Waals surface area contributed by atoms with E-state index in [9.17, 15) is 4.79 Å². The lowest BCUT2D eigenvalue weighted by molar-refractivity contribution is -0.125. The topological polar surface area (TPSA) is 32.3 Å². The zero-order valence-corrected chi connectivity index (χ0v) is 14.6. The molecule has 1 amide bonds. The van der Waals surface area contributed by atoms with Crippen LogP contribution >= 0.6 is 0 Å². The molecule has 1 aliphatic carbocycles. The van der Waals surface area contributed by atoms with Crippen molar-refractivity contribution in [2.24, 2.45) is 17.3 Å². The van der Waals surface area contributed by atoms with Crippen molar-refractivity contribution in [1.82, 2.24) is 10.2 Å². The summed E-state index contributed by atoms with van der Waals surface area (Å²) >= 11 is 0. The Balaban J connectivity index is 1.97. The highest BCUT2D eigenvalue weighted by Gasteiger charge is 2.35. The van der Waals surface area contributed by atoms with Crippen molar-refractivity contribution in [2.45, 2.75) is 78.8 Å². The molecule has 1 saturated heterocycles. The highest BCUT2D eigenvalue weighted by molar-refractivity contribution is 5.78. The van der Waals surface area contributed by atoms with Crippen molar-refractivity contribution in [3.05, 3.63) is 0 Å². The Labute approximate surface area is 130 Å². The lowest BCUT2D eigenvalue weighted by Crippen LogP contribution is -2.56. The Morgan fingerprint density at radius 2 is 1.90 bits per heavy atom. The Morgan fingerprint density at radius 1 is 1.24 bits per heavy atom. The first-order valence-corrected chi connectivity index (χ1v) is 8.79. The fraction of sp³-hybridized carbons (Fsp3) is 0.944. The van der Waals surface area contributed by atoms with E-state index < -0.39 is 0 Å². The van der Waals surface area contributed by atoms with Gasteiger partial charge in [-0.1, -0.05) is 41.0 Å². The fourth-order valence-electron chi connectivity index (χ4n) is 3.78. The maximum Gasteiger partial charge on any atom is 0.222 e. The van der Waals surface area contributed by atoms with Crippen LogP contribution in [0.2, 0.25) is 0 Å². The van der Waals surface area contributed by atoms with Gasteiger partial charge in [0.05, 0.1) is 0 Å². The maximum absolute atomic E-state index is 12.0. The molecule has 0 aromatic heterocycles. The third-order valence-electron chi connectivity index (χ3n) is 4.93. The van der Waals surface area contributed by atoms with Crippen LogP contribution in [0.3, 0.4) is 0 Å². The molecule has 2 aliphatic rings. The van der Waals surface area contributed by atoms with Crippen LogP contribution in [-0.2, 0) is 4.79 Å². The minimum absolute atomic E-state index is 0.0881. The maximum atomic E-state index is 12.0. The van der Waals surface area contributed by atoms with E-state index >= 15 is 0 Å². The SMILES string of the molecule is CC(C)C(=O)NC1CC(CC(C)(C)C)CN(C2CCC2)C1. The van der Waals surface area contributed by atoms with E-state index in [1.807, 2.05) is 13.8 Å². The molecule has 0 bridgehead atoms. The third-order valence-corrected chi connectivity index (χ3v) is 4.93. The molecule has 3 heteroatoms. The minimum Gasteiger partial charge on any atom is -0.352 e. The molecule has 3 nitrogen and oxygen atoms in total. The number of carbonyl (C=O) groups is 1. The van der Waals surface area contributed by atoms with Crippen LogP contribution in [0.25, 0.3) is 0 Å². The summed E-state index contributed by atoms with van der Waals surface area (Å²) < 4.78 is 0. The fourth-order valence-corrected chi connectivity index (χ4v) is 3.78. The molecule has 1 aliphatic heterocycles. The standard InChI is InChI=1S/C18H34N2O/c1-13(2)17(21)19-15-9-14(10-18(3,4)5)11-20(12-15)16-7-6-8-16/h13-16H,6-12H2,1-5H3,(H,19,21). The van der Waals surface area contributed by atoms with Crippen LogP contribution in [-0.4, -0.2) is 36.0 Å². The normalized spacial score (nSPS) is 28.5. The van der Waals surface area contributed by atoms with Crippen molar-refractivity contribution in [3.8, 4) is 0 Å². The summed E-state index contributed by atoms with van der Waals surface area (Å²) in [5.41, 5.74) is 0.375. The minimum atomic E-state index is 0.0881. The van der Waals surface area contributed by atoms with E-state index in [-0.39, 0.29) is 11.8 Å². The van der Waals surface area contributed by atoms with Crippen LogP contribution in [0.1, 0.15) is 66.7 Å². The molecular weight excluding hydrogens is 260 g/mol. The summed E-state index contributed by atoms with van der Waals surface area (Å²) in [6, 6.07) is 1.13. The average molecular weight is 294 g/mol. The second-order valence-electron chi connectivity index (χ2n) is 8.77. The molecule has 21 heavy (non-hydrogen) atoms. The second-order valence-corrected chi connectivity index (χ2v) is 8.77. The van der Waals surface area contributed by atoms with Crippen LogP contribution in [0.5, 0.6) is 0 Å². The molecular formula is C18H34N2O. The highest BCUT2D eigenvalue weighted by Crippen LogP contribution is 2.34. The molecule has 2 atom stereocenters.